The van der Waals surface area contributed by atoms with E-state index in [1.165, 1.54) is 13.2 Å². The minimum atomic E-state index is -1.03. The first-order valence-corrected chi connectivity index (χ1v) is 8.61. The lowest BCUT2D eigenvalue weighted by Crippen LogP contribution is -2.25. The Bertz CT molecular complexity index is 928. The monoisotopic (exact) mass is 374 g/mol. The van der Waals surface area contributed by atoms with Gasteiger partial charge in [0, 0.05) is 35.7 Å². The molecule has 2 N–H and O–H groups in total. The van der Waals surface area contributed by atoms with Crippen LogP contribution in [0.4, 0.5) is 20.2 Å². The van der Waals surface area contributed by atoms with Gasteiger partial charge in [-0.15, -0.1) is 0 Å². The Morgan fingerprint density at radius 2 is 2.07 bits per heavy atom. The van der Waals surface area contributed by atoms with E-state index >= 15 is 0 Å². The molecule has 2 aromatic rings. The van der Waals surface area contributed by atoms with Crippen LogP contribution in [0.25, 0.3) is 0 Å². The minimum absolute atomic E-state index is 0.0124. The zero-order valence-electron chi connectivity index (χ0n) is 15.3. The average Bonchev–Trinajstić information content (AvgIpc) is 2.64. The zero-order valence-corrected chi connectivity index (χ0v) is 15.3. The van der Waals surface area contributed by atoms with Gasteiger partial charge in [0.1, 0.15) is 5.75 Å². The second-order valence-corrected chi connectivity index (χ2v) is 6.44. The van der Waals surface area contributed by atoms with Crippen molar-refractivity contribution in [3.05, 3.63) is 52.6 Å². The number of benzene rings is 2. The fraction of sp³-hybridized carbons (Fsp3) is 0.300. The maximum Gasteiger partial charge on any atom is 0.225 e. The van der Waals surface area contributed by atoms with Gasteiger partial charge in [0.2, 0.25) is 11.8 Å². The lowest BCUT2D eigenvalue weighted by atomic mass is 9.83. The number of hydrogen-bond acceptors (Lipinski definition) is 3. The van der Waals surface area contributed by atoms with Crippen molar-refractivity contribution < 1.29 is 23.1 Å². The molecule has 0 spiro atoms. The number of rotatable bonds is 4. The summed E-state index contributed by atoms with van der Waals surface area (Å²) >= 11 is 0. The Labute approximate surface area is 155 Å². The van der Waals surface area contributed by atoms with Crippen LogP contribution in [-0.2, 0) is 9.59 Å². The number of halogens is 2. The molecule has 0 saturated heterocycles. The highest BCUT2D eigenvalue weighted by Gasteiger charge is 2.32. The van der Waals surface area contributed by atoms with Gasteiger partial charge in [0.15, 0.2) is 11.6 Å². The summed E-state index contributed by atoms with van der Waals surface area (Å²) in [6, 6.07) is 5.76. The topological polar surface area (TPSA) is 67.4 Å². The molecule has 1 unspecified atom stereocenters. The number of anilines is 2. The Kier molecular flexibility index (Phi) is 5.12. The van der Waals surface area contributed by atoms with Crippen LogP contribution in [0.3, 0.4) is 0 Å². The average molecular weight is 374 g/mol. The maximum atomic E-state index is 14.6. The molecule has 0 aliphatic carbocycles. The van der Waals surface area contributed by atoms with Gasteiger partial charge in [-0.1, -0.05) is 13.0 Å². The zero-order chi connectivity index (χ0) is 19.7. The molecule has 0 radical (unpaired) electrons. The Morgan fingerprint density at radius 1 is 1.33 bits per heavy atom. The van der Waals surface area contributed by atoms with Gasteiger partial charge < -0.3 is 15.4 Å². The molecular formula is C20H20F2N2O3. The van der Waals surface area contributed by atoms with E-state index in [1.807, 2.05) is 0 Å². The highest BCUT2D eigenvalue weighted by atomic mass is 19.2. The number of hydrogen-bond donors (Lipinski definition) is 2. The second-order valence-electron chi connectivity index (χ2n) is 6.44. The van der Waals surface area contributed by atoms with E-state index in [0.29, 0.717) is 23.4 Å². The molecule has 2 aromatic carbocycles. The first-order chi connectivity index (χ1) is 12.8. The molecule has 3 rings (SSSR count). The summed E-state index contributed by atoms with van der Waals surface area (Å²) in [5, 5.41) is 5.52. The van der Waals surface area contributed by atoms with Gasteiger partial charge in [-0.2, -0.15) is 0 Å². The largest absolute Gasteiger partial charge is 0.496 e. The number of ether oxygens (including phenoxy) is 1. The summed E-state index contributed by atoms with van der Waals surface area (Å²) in [7, 11) is 1.37. The number of carbonyl (C=O) groups excluding carboxylic acids is 2. The highest BCUT2D eigenvalue weighted by molar-refractivity contribution is 5.98. The number of carbonyl (C=O) groups is 2. The van der Waals surface area contributed by atoms with Crippen LogP contribution < -0.4 is 15.4 Å². The van der Waals surface area contributed by atoms with Gasteiger partial charge >= 0.3 is 0 Å². The standard InChI is InChI=1S/C20H20F2N2O3/c1-4-17(25)23-14-9-15-11(7-10(14)2)12(8-18(26)24-15)19-16(27-3)6-5-13(21)20(19)22/h5-7,9,12H,4,8H2,1-3H3,(H,23,25)(H,24,26). The van der Waals surface area contributed by atoms with E-state index in [0.717, 1.165) is 11.6 Å². The summed E-state index contributed by atoms with van der Waals surface area (Å²) in [6.07, 6.45) is 0.279. The number of aryl methyl sites for hydroxylation is 1. The molecular weight excluding hydrogens is 354 g/mol. The van der Waals surface area contributed by atoms with Crippen LogP contribution in [0.1, 0.15) is 42.4 Å². The van der Waals surface area contributed by atoms with Crippen LogP contribution in [0.15, 0.2) is 24.3 Å². The fourth-order valence-electron chi connectivity index (χ4n) is 3.31. The van der Waals surface area contributed by atoms with Gasteiger partial charge in [0.05, 0.1) is 7.11 Å². The Morgan fingerprint density at radius 3 is 2.74 bits per heavy atom. The predicted octanol–water partition coefficient (Wildman–Crippen LogP) is 4.10. The first kappa shape index (κ1) is 18.8. The molecule has 0 bridgehead atoms. The van der Waals surface area contributed by atoms with Crippen LogP contribution in [-0.4, -0.2) is 18.9 Å². The van der Waals surface area contributed by atoms with Gasteiger partial charge in [-0.25, -0.2) is 8.78 Å². The van der Waals surface area contributed by atoms with Crippen molar-refractivity contribution >= 4 is 23.2 Å². The van der Waals surface area contributed by atoms with E-state index in [-0.39, 0.29) is 29.5 Å². The smallest absolute Gasteiger partial charge is 0.225 e. The molecule has 5 nitrogen and oxygen atoms in total. The summed E-state index contributed by atoms with van der Waals surface area (Å²) in [5.74, 6) is -3.03. The molecule has 1 atom stereocenters. The van der Waals surface area contributed by atoms with Crippen LogP contribution in [0.2, 0.25) is 0 Å². The Balaban J connectivity index is 2.15. The first-order valence-electron chi connectivity index (χ1n) is 8.61. The maximum absolute atomic E-state index is 14.6. The molecule has 1 aliphatic rings. The molecule has 2 amide bonds. The van der Waals surface area contributed by atoms with Gasteiger partial charge in [-0.3, -0.25) is 9.59 Å². The third-order valence-electron chi connectivity index (χ3n) is 4.69. The van der Waals surface area contributed by atoms with Gasteiger partial charge in [0.25, 0.3) is 0 Å². The van der Waals surface area contributed by atoms with Crippen molar-refractivity contribution in [2.24, 2.45) is 0 Å². The highest BCUT2D eigenvalue weighted by Crippen LogP contribution is 2.44. The molecule has 0 aromatic heterocycles. The summed E-state index contributed by atoms with van der Waals surface area (Å²) in [6.45, 7) is 3.54. The number of fused-ring (bicyclic) bond motifs is 1. The fourth-order valence-corrected chi connectivity index (χ4v) is 3.31. The molecule has 1 aliphatic heterocycles. The van der Waals surface area contributed by atoms with Crippen LogP contribution in [0.5, 0.6) is 5.75 Å². The van der Waals surface area contributed by atoms with Crippen LogP contribution in [0, 0.1) is 18.6 Å². The van der Waals surface area contributed by atoms with Crippen molar-refractivity contribution in [1.82, 2.24) is 0 Å². The minimum Gasteiger partial charge on any atom is -0.496 e. The van der Waals surface area contributed by atoms with Crippen molar-refractivity contribution in [2.45, 2.75) is 32.6 Å². The summed E-state index contributed by atoms with van der Waals surface area (Å²) in [4.78, 5) is 23.9. The predicted molar refractivity (Wildman–Crippen MR) is 98.1 cm³/mol. The van der Waals surface area contributed by atoms with Crippen LogP contribution >= 0.6 is 0 Å². The lowest BCUT2D eigenvalue weighted by molar-refractivity contribution is -0.117. The number of amides is 2. The van der Waals surface area contributed by atoms with Crippen molar-refractivity contribution in [3.8, 4) is 5.75 Å². The SMILES string of the molecule is CCC(=O)Nc1cc2c(cc1C)C(c1c(OC)ccc(F)c1F)CC(=O)N2. The summed E-state index contributed by atoms with van der Waals surface area (Å²) < 4.78 is 33.7. The molecule has 7 heteroatoms. The normalized spacial score (nSPS) is 15.7. The quantitative estimate of drug-likeness (QED) is 0.847. The molecule has 0 fully saturated rings. The van der Waals surface area contributed by atoms with Gasteiger partial charge in [-0.05, 0) is 36.2 Å². The van der Waals surface area contributed by atoms with E-state index in [9.17, 15) is 18.4 Å². The third-order valence-corrected chi connectivity index (χ3v) is 4.69. The van der Waals surface area contributed by atoms with Crippen molar-refractivity contribution in [2.75, 3.05) is 17.7 Å². The third kappa shape index (κ3) is 3.49. The second kappa shape index (κ2) is 7.34. The van der Waals surface area contributed by atoms with E-state index in [1.54, 1.807) is 26.0 Å². The number of nitrogens with one attached hydrogen (secondary N) is 2. The van der Waals surface area contributed by atoms with E-state index in [2.05, 4.69) is 10.6 Å². The van der Waals surface area contributed by atoms with Crippen molar-refractivity contribution in [1.29, 1.82) is 0 Å². The lowest BCUT2D eigenvalue weighted by Gasteiger charge is -2.28. The molecule has 1 heterocycles. The van der Waals surface area contributed by atoms with Crippen molar-refractivity contribution in [3.63, 3.8) is 0 Å². The Hall–Kier alpha value is -2.96. The molecule has 0 saturated carbocycles. The summed E-state index contributed by atoms with van der Waals surface area (Å²) in [5.41, 5.74) is 2.43. The van der Waals surface area contributed by atoms with E-state index in [4.69, 9.17) is 4.74 Å². The molecule has 142 valence electrons. The van der Waals surface area contributed by atoms with E-state index < -0.39 is 17.6 Å². The number of methoxy groups -OCH3 is 1. The molecule has 27 heavy (non-hydrogen) atoms.